The number of likely N-dealkylation sites (tertiary alicyclic amines) is 1. The van der Waals surface area contributed by atoms with Crippen LogP contribution in [0.1, 0.15) is 48.9 Å². The van der Waals surface area contributed by atoms with Gasteiger partial charge >= 0.3 is 0 Å². The van der Waals surface area contributed by atoms with Gasteiger partial charge < -0.3 is 15.5 Å². The van der Waals surface area contributed by atoms with E-state index < -0.39 is 4.92 Å². The number of piperidine rings is 1. The largest absolute Gasteiger partial charge is 0.377 e. The number of amides is 1. The topological polar surface area (TPSA) is 87.5 Å². The number of benzene rings is 1. The van der Waals surface area contributed by atoms with Crippen LogP contribution >= 0.6 is 0 Å². The molecule has 2 aliphatic rings. The Morgan fingerprint density at radius 3 is 2.54 bits per heavy atom. The van der Waals surface area contributed by atoms with E-state index in [-0.39, 0.29) is 17.6 Å². The number of rotatable bonds is 6. The number of carbonyl (C=O) groups is 1. The summed E-state index contributed by atoms with van der Waals surface area (Å²) in [7, 11) is 1.51. The van der Waals surface area contributed by atoms with Crippen molar-refractivity contribution in [1.29, 1.82) is 0 Å². The molecule has 0 bridgehead atoms. The molecule has 1 amide bonds. The quantitative estimate of drug-likeness (QED) is 0.601. The molecule has 7 heteroatoms. The molecule has 1 heterocycles. The van der Waals surface area contributed by atoms with Crippen LogP contribution in [0.5, 0.6) is 0 Å². The molecule has 142 valence electrons. The zero-order chi connectivity index (χ0) is 18.5. The van der Waals surface area contributed by atoms with E-state index in [1.165, 1.54) is 45.3 Å². The summed E-state index contributed by atoms with van der Waals surface area (Å²) in [5.41, 5.74) is 0.757. The summed E-state index contributed by atoms with van der Waals surface area (Å²) >= 11 is 0. The summed E-state index contributed by atoms with van der Waals surface area (Å²) in [6, 6.07) is 4.85. The lowest BCUT2D eigenvalue weighted by Crippen LogP contribution is -2.41. The molecule has 7 nitrogen and oxygen atoms in total. The molecule has 1 aromatic carbocycles. The van der Waals surface area contributed by atoms with Crippen molar-refractivity contribution >= 4 is 17.3 Å². The second kappa shape index (κ2) is 8.49. The Bertz CT molecular complexity index is 650. The number of nitro groups is 1. The first-order valence-corrected chi connectivity index (χ1v) is 9.56. The van der Waals surface area contributed by atoms with Crippen LogP contribution in [-0.4, -0.2) is 48.5 Å². The smallest absolute Gasteiger partial charge is 0.293 e. The number of nitrogens with one attached hydrogen (secondary N) is 2. The number of carbonyl (C=O) groups excluding carboxylic acids is 1. The molecule has 1 aromatic rings. The molecule has 3 rings (SSSR count). The van der Waals surface area contributed by atoms with E-state index in [1.54, 1.807) is 12.1 Å². The Morgan fingerprint density at radius 2 is 1.92 bits per heavy atom. The molecule has 1 aliphatic carbocycles. The molecule has 26 heavy (non-hydrogen) atoms. The Morgan fingerprint density at radius 1 is 1.23 bits per heavy atom. The first-order chi connectivity index (χ1) is 12.6. The SMILES string of the molecule is CNC(=O)c1ccc(NC2CCN(CC3CCCC3)CC2)c([N+](=O)[O-])c1. The second-order valence-corrected chi connectivity index (χ2v) is 7.44. The van der Waals surface area contributed by atoms with Gasteiger partial charge in [-0.15, -0.1) is 0 Å². The van der Waals surface area contributed by atoms with Gasteiger partial charge in [0, 0.05) is 44.4 Å². The van der Waals surface area contributed by atoms with Crippen molar-refractivity contribution in [3.63, 3.8) is 0 Å². The van der Waals surface area contributed by atoms with Crippen molar-refractivity contribution in [1.82, 2.24) is 10.2 Å². The molecule has 0 aromatic heterocycles. The van der Waals surface area contributed by atoms with Gasteiger partial charge in [-0.2, -0.15) is 0 Å². The first-order valence-electron chi connectivity index (χ1n) is 9.56. The normalized spacial score (nSPS) is 19.4. The maximum Gasteiger partial charge on any atom is 0.293 e. The van der Waals surface area contributed by atoms with Gasteiger partial charge in [-0.3, -0.25) is 14.9 Å². The van der Waals surface area contributed by atoms with Crippen molar-refractivity contribution in [2.75, 3.05) is 32.0 Å². The van der Waals surface area contributed by atoms with E-state index in [9.17, 15) is 14.9 Å². The number of nitrogens with zero attached hydrogens (tertiary/aromatic N) is 2. The highest BCUT2D eigenvalue weighted by molar-refractivity contribution is 5.95. The maximum atomic E-state index is 11.7. The molecule has 1 aliphatic heterocycles. The van der Waals surface area contributed by atoms with Crippen LogP contribution in [0.4, 0.5) is 11.4 Å². The van der Waals surface area contributed by atoms with Crippen LogP contribution in [0.15, 0.2) is 18.2 Å². The molecule has 2 fully saturated rings. The van der Waals surface area contributed by atoms with Crippen molar-refractivity contribution in [3.05, 3.63) is 33.9 Å². The van der Waals surface area contributed by atoms with E-state index in [1.807, 2.05) is 0 Å². The van der Waals surface area contributed by atoms with Gasteiger partial charge in [-0.25, -0.2) is 0 Å². The molecule has 0 atom stereocenters. The highest BCUT2D eigenvalue weighted by Gasteiger charge is 2.25. The van der Waals surface area contributed by atoms with Crippen LogP contribution in [0.25, 0.3) is 0 Å². The first kappa shape index (κ1) is 18.6. The van der Waals surface area contributed by atoms with Crippen molar-refractivity contribution in [2.24, 2.45) is 5.92 Å². The number of nitro benzene ring substituents is 1. The zero-order valence-corrected chi connectivity index (χ0v) is 15.4. The van der Waals surface area contributed by atoms with Gasteiger partial charge in [0.1, 0.15) is 5.69 Å². The molecule has 0 radical (unpaired) electrons. The Hall–Kier alpha value is -2.15. The maximum absolute atomic E-state index is 11.7. The van der Waals surface area contributed by atoms with Crippen LogP contribution in [0.2, 0.25) is 0 Å². The molecule has 2 N–H and O–H groups in total. The molecular formula is C19H28N4O3. The number of hydrogen-bond donors (Lipinski definition) is 2. The van der Waals surface area contributed by atoms with E-state index in [0.717, 1.165) is 31.8 Å². The van der Waals surface area contributed by atoms with Crippen LogP contribution < -0.4 is 10.6 Å². The monoisotopic (exact) mass is 360 g/mol. The van der Waals surface area contributed by atoms with Gasteiger partial charge in [-0.1, -0.05) is 12.8 Å². The van der Waals surface area contributed by atoms with E-state index >= 15 is 0 Å². The Kier molecular flexibility index (Phi) is 6.08. The fourth-order valence-corrected chi connectivity index (χ4v) is 4.13. The number of hydrogen-bond acceptors (Lipinski definition) is 5. The standard InChI is InChI=1S/C19H28N4O3/c1-20-19(24)15-6-7-17(18(12-15)23(25)26)21-16-8-10-22(11-9-16)13-14-4-2-3-5-14/h6-7,12,14,16,21H,2-5,8-11,13H2,1H3,(H,20,24). The Labute approximate surface area is 154 Å². The van der Waals surface area contributed by atoms with E-state index in [4.69, 9.17) is 0 Å². The summed E-state index contributed by atoms with van der Waals surface area (Å²) in [6.45, 7) is 3.28. The van der Waals surface area contributed by atoms with Crippen molar-refractivity contribution in [3.8, 4) is 0 Å². The average Bonchev–Trinajstić information content (AvgIpc) is 3.16. The average molecular weight is 360 g/mol. The van der Waals surface area contributed by atoms with Crippen molar-refractivity contribution in [2.45, 2.75) is 44.6 Å². The van der Waals surface area contributed by atoms with Crippen molar-refractivity contribution < 1.29 is 9.72 Å². The van der Waals surface area contributed by atoms with Gasteiger partial charge in [-0.05, 0) is 43.7 Å². The lowest BCUT2D eigenvalue weighted by Gasteiger charge is -2.34. The second-order valence-electron chi connectivity index (χ2n) is 7.44. The molecular weight excluding hydrogens is 332 g/mol. The third kappa shape index (κ3) is 4.52. The third-order valence-corrected chi connectivity index (χ3v) is 5.62. The van der Waals surface area contributed by atoms with Gasteiger partial charge in [0.25, 0.3) is 11.6 Å². The lowest BCUT2D eigenvalue weighted by atomic mass is 10.0. The highest BCUT2D eigenvalue weighted by Crippen LogP contribution is 2.29. The van der Waals surface area contributed by atoms with Crippen LogP contribution in [0.3, 0.4) is 0 Å². The predicted octanol–water partition coefficient (Wildman–Crippen LogP) is 3.02. The molecule has 1 saturated carbocycles. The zero-order valence-electron chi connectivity index (χ0n) is 15.4. The van der Waals surface area contributed by atoms with Gasteiger partial charge in [0.2, 0.25) is 0 Å². The summed E-state index contributed by atoms with van der Waals surface area (Å²) in [5.74, 6) is 0.540. The van der Waals surface area contributed by atoms with Crippen LogP contribution in [-0.2, 0) is 0 Å². The fourth-order valence-electron chi connectivity index (χ4n) is 4.13. The summed E-state index contributed by atoms with van der Waals surface area (Å²) in [4.78, 5) is 25.2. The minimum Gasteiger partial charge on any atom is -0.377 e. The minimum atomic E-state index is -0.427. The predicted molar refractivity (Wildman–Crippen MR) is 102 cm³/mol. The lowest BCUT2D eigenvalue weighted by molar-refractivity contribution is -0.384. The molecule has 0 spiro atoms. The highest BCUT2D eigenvalue weighted by atomic mass is 16.6. The minimum absolute atomic E-state index is 0.0421. The Balaban J connectivity index is 1.58. The molecule has 0 unspecified atom stereocenters. The fraction of sp³-hybridized carbons (Fsp3) is 0.632. The summed E-state index contributed by atoms with van der Waals surface area (Å²) < 4.78 is 0. The molecule has 1 saturated heterocycles. The third-order valence-electron chi connectivity index (χ3n) is 5.62. The van der Waals surface area contributed by atoms with Gasteiger partial charge in [0.15, 0.2) is 0 Å². The summed E-state index contributed by atoms with van der Waals surface area (Å²) in [6.07, 6.45) is 7.45. The van der Waals surface area contributed by atoms with Crippen LogP contribution in [0, 0.1) is 16.0 Å². The van der Waals surface area contributed by atoms with Gasteiger partial charge in [0.05, 0.1) is 4.92 Å². The number of anilines is 1. The van der Waals surface area contributed by atoms with E-state index in [2.05, 4.69) is 15.5 Å². The van der Waals surface area contributed by atoms with E-state index in [0.29, 0.717) is 11.3 Å². The summed E-state index contributed by atoms with van der Waals surface area (Å²) in [5, 5.41) is 17.2.